The van der Waals surface area contributed by atoms with Gasteiger partial charge >= 0.3 is 5.97 Å². The summed E-state index contributed by atoms with van der Waals surface area (Å²) in [5.74, 6) is -0.655. The Morgan fingerprint density at radius 1 is 0.862 bits per heavy atom. The Bertz CT molecular complexity index is 1180. The molecule has 0 aliphatic carbocycles. The summed E-state index contributed by atoms with van der Waals surface area (Å²) in [6.07, 6.45) is 0.601. The van der Waals surface area contributed by atoms with Gasteiger partial charge in [-0.25, -0.2) is 4.79 Å². The van der Waals surface area contributed by atoms with Gasteiger partial charge in [-0.1, -0.05) is 78.3 Å². The maximum absolute atomic E-state index is 11.7. The molecule has 0 aliphatic rings. The fourth-order valence-corrected chi connectivity index (χ4v) is 3.61. The molecule has 4 rings (SSSR count). The zero-order chi connectivity index (χ0) is 20.2. The molecule has 4 aromatic rings. The second-order valence-electron chi connectivity index (χ2n) is 6.83. The lowest BCUT2D eigenvalue weighted by Crippen LogP contribution is -2.05. The van der Waals surface area contributed by atoms with Gasteiger partial charge in [-0.15, -0.1) is 0 Å². The molecule has 0 aliphatic heterocycles. The van der Waals surface area contributed by atoms with E-state index >= 15 is 0 Å². The molecule has 0 bridgehead atoms. The summed E-state index contributed by atoms with van der Waals surface area (Å²) < 4.78 is 5.99. The molecule has 0 amide bonds. The standard InChI is InChI=1S/C25H19ClO3/c26-23-11-4-2-7-19(23)14-17-12-13-22(25(27)28)24(15-17)29-16-20-9-5-8-18-6-1-3-10-21(18)20/h1-13,15H,14,16H2,(H,27,28). The summed E-state index contributed by atoms with van der Waals surface area (Å²) in [6, 6.07) is 26.9. The number of benzene rings is 4. The predicted molar refractivity (Wildman–Crippen MR) is 116 cm³/mol. The first-order chi connectivity index (χ1) is 14.1. The lowest BCUT2D eigenvalue weighted by molar-refractivity contribution is 0.0692. The number of carbonyl (C=O) groups is 1. The predicted octanol–water partition coefficient (Wildman–Crippen LogP) is 6.36. The maximum atomic E-state index is 11.7. The van der Waals surface area contributed by atoms with Gasteiger partial charge in [0.1, 0.15) is 17.9 Å². The van der Waals surface area contributed by atoms with Crippen LogP contribution in [-0.2, 0) is 13.0 Å². The molecule has 0 atom stereocenters. The fraction of sp³-hybridized carbons (Fsp3) is 0.0800. The van der Waals surface area contributed by atoms with Crippen LogP contribution in [0.4, 0.5) is 0 Å². The Balaban J connectivity index is 1.63. The number of hydrogen-bond donors (Lipinski definition) is 1. The number of rotatable bonds is 6. The van der Waals surface area contributed by atoms with Crippen LogP contribution in [0.3, 0.4) is 0 Å². The van der Waals surface area contributed by atoms with Gasteiger partial charge in [-0.05, 0) is 52.1 Å². The van der Waals surface area contributed by atoms with Crippen molar-refractivity contribution >= 4 is 28.3 Å². The van der Waals surface area contributed by atoms with Crippen molar-refractivity contribution in [3.05, 3.63) is 112 Å². The molecule has 0 saturated heterocycles. The highest BCUT2D eigenvalue weighted by Crippen LogP contribution is 2.27. The number of carboxylic acids is 1. The van der Waals surface area contributed by atoms with Crippen molar-refractivity contribution in [2.45, 2.75) is 13.0 Å². The van der Waals surface area contributed by atoms with E-state index in [0.717, 1.165) is 27.5 Å². The molecule has 1 N–H and O–H groups in total. The summed E-state index contributed by atoms with van der Waals surface area (Å²) >= 11 is 6.27. The first kappa shape index (κ1) is 19.0. The van der Waals surface area contributed by atoms with Crippen LogP contribution in [0.25, 0.3) is 10.8 Å². The Kier molecular flexibility index (Phi) is 5.50. The average molecular weight is 403 g/mol. The fourth-order valence-electron chi connectivity index (χ4n) is 3.41. The zero-order valence-electron chi connectivity index (χ0n) is 15.6. The minimum Gasteiger partial charge on any atom is -0.488 e. The van der Waals surface area contributed by atoms with Crippen molar-refractivity contribution in [2.75, 3.05) is 0 Å². The largest absolute Gasteiger partial charge is 0.488 e. The summed E-state index contributed by atoms with van der Waals surface area (Å²) in [4.78, 5) is 11.7. The maximum Gasteiger partial charge on any atom is 0.339 e. The molecule has 29 heavy (non-hydrogen) atoms. The number of hydrogen-bond acceptors (Lipinski definition) is 2. The Hall–Kier alpha value is -3.30. The third-order valence-electron chi connectivity index (χ3n) is 4.89. The van der Waals surface area contributed by atoms with E-state index in [0.29, 0.717) is 17.2 Å². The monoisotopic (exact) mass is 402 g/mol. The second-order valence-corrected chi connectivity index (χ2v) is 7.24. The van der Waals surface area contributed by atoms with Crippen molar-refractivity contribution in [3.63, 3.8) is 0 Å². The van der Waals surface area contributed by atoms with Gasteiger partial charge in [0.2, 0.25) is 0 Å². The summed E-state index contributed by atoms with van der Waals surface area (Å²) in [5.41, 5.74) is 3.08. The topological polar surface area (TPSA) is 46.5 Å². The van der Waals surface area contributed by atoms with E-state index in [1.807, 2.05) is 66.7 Å². The molecule has 0 radical (unpaired) electrons. The van der Waals surface area contributed by atoms with Gasteiger partial charge in [0.25, 0.3) is 0 Å². The molecule has 144 valence electrons. The Labute approximate surface area is 174 Å². The third-order valence-corrected chi connectivity index (χ3v) is 5.26. The van der Waals surface area contributed by atoms with Gasteiger partial charge in [0, 0.05) is 5.02 Å². The average Bonchev–Trinajstić information content (AvgIpc) is 2.74. The molecule has 4 aromatic carbocycles. The first-order valence-corrected chi connectivity index (χ1v) is 9.68. The number of carboxylic acid groups (broad SMARTS) is 1. The van der Waals surface area contributed by atoms with Crippen molar-refractivity contribution in [1.82, 2.24) is 0 Å². The highest BCUT2D eigenvalue weighted by Gasteiger charge is 2.14. The normalized spacial score (nSPS) is 10.8. The summed E-state index contributed by atoms with van der Waals surface area (Å²) in [7, 11) is 0. The van der Waals surface area contributed by atoms with Crippen LogP contribution in [0.1, 0.15) is 27.0 Å². The van der Waals surface area contributed by atoms with E-state index in [9.17, 15) is 9.90 Å². The highest BCUT2D eigenvalue weighted by molar-refractivity contribution is 6.31. The van der Waals surface area contributed by atoms with Crippen LogP contribution >= 0.6 is 11.6 Å². The minimum atomic E-state index is -1.01. The summed E-state index contributed by atoms with van der Waals surface area (Å²) in [5, 5.41) is 12.5. The van der Waals surface area contributed by atoms with Crippen molar-refractivity contribution in [3.8, 4) is 5.75 Å². The molecule has 4 heteroatoms. The van der Waals surface area contributed by atoms with Crippen LogP contribution in [0.15, 0.2) is 84.9 Å². The first-order valence-electron chi connectivity index (χ1n) is 9.31. The van der Waals surface area contributed by atoms with Crippen LogP contribution in [0, 0.1) is 0 Å². The van der Waals surface area contributed by atoms with Gasteiger partial charge in [0.05, 0.1) is 0 Å². The number of ether oxygens (including phenoxy) is 1. The van der Waals surface area contributed by atoms with Gasteiger partial charge in [0.15, 0.2) is 0 Å². The van der Waals surface area contributed by atoms with Gasteiger partial charge in [-0.2, -0.15) is 0 Å². The quantitative estimate of drug-likeness (QED) is 0.408. The van der Waals surface area contributed by atoms with Crippen molar-refractivity contribution < 1.29 is 14.6 Å². The van der Waals surface area contributed by atoms with Crippen LogP contribution in [-0.4, -0.2) is 11.1 Å². The van der Waals surface area contributed by atoms with E-state index in [1.54, 1.807) is 18.2 Å². The minimum absolute atomic E-state index is 0.146. The molecule has 3 nitrogen and oxygen atoms in total. The Morgan fingerprint density at radius 2 is 1.59 bits per heavy atom. The van der Waals surface area contributed by atoms with Gasteiger partial charge in [-0.3, -0.25) is 0 Å². The van der Waals surface area contributed by atoms with E-state index < -0.39 is 5.97 Å². The number of halogens is 1. The lowest BCUT2D eigenvalue weighted by Gasteiger charge is -2.13. The molecule has 0 fully saturated rings. The molecule has 0 aromatic heterocycles. The number of aromatic carboxylic acids is 1. The van der Waals surface area contributed by atoms with Crippen molar-refractivity contribution in [2.24, 2.45) is 0 Å². The smallest absolute Gasteiger partial charge is 0.339 e. The van der Waals surface area contributed by atoms with E-state index in [1.165, 1.54) is 0 Å². The lowest BCUT2D eigenvalue weighted by atomic mass is 10.0. The van der Waals surface area contributed by atoms with E-state index in [-0.39, 0.29) is 12.2 Å². The van der Waals surface area contributed by atoms with E-state index in [2.05, 4.69) is 0 Å². The SMILES string of the molecule is O=C(O)c1ccc(Cc2ccccc2Cl)cc1OCc1cccc2ccccc12. The molecule has 0 spiro atoms. The Morgan fingerprint density at radius 3 is 2.41 bits per heavy atom. The molecule has 0 heterocycles. The number of fused-ring (bicyclic) bond motifs is 1. The molecule has 0 saturated carbocycles. The summed E-state index contributed by atoms with van der Waals surface area (Å²) in [6.45, 7) is 0.289. The van der Waals surface area contributed by atoms with Gasteiger partial charge < -0.3 is 9.84 Å². The molecular formula is C25H19ClO3. The zero-order valence-corrected chi connectivity index (χ0v) is 16.4. The highest BCUT2D eigenvalue weighted by atomic mass is 35.5. The molecular weight excluding hydrogens is 384 g/mol. The third kappa shape index (κ3) is 4.25. The second kappa shape index (κ2) is 8.38. The van der Waals surface area contributed by atoms with Crippen LogP contribution < -0.4 is 4.74 Å². The van der Waals surface area contributed by atoms with Crippen molar-refractivity contribution in [1.29, 1.82) is 0 Å². The van der Waals surface area contributed by atoms with Crippen LogP contribution in [0.2, 0.25) is 5.02 Å². The van der Waals surface area contributed by atoms with Crippen LogP contribution in [0.5, 0.6) is 5.75 Å². The van der Waals surface area contributed by atoms with E-state index in [4.69, 9.17) is 16.3 Å². The molecule has 0 unspecified atom stereocenters.